The molecule has 0 unspecified atom stereocenters. The Morgan fingerprint density at radius 3 is 2.57 bits per heavy atom. The molecule has 1 heterocycles. The highest BCUT2D eigenvalue weighted by atomic mass is 16.5. The van der Waals surface area contributed by atoms with E-state index in [1.165, 1.54) is 0 Å². The second kappa shape index (κ2) is 6.44. The van der Waals surface area contributed by atoms with Gasteiger partial charge >= 0.3 is 0 Å². The lowest BCUT2D eigenvalue weighted by Gasteiger charge is -2.02. The molecule has 1 aromatic heterocycles. The van der Waals surface area contributed by atoms with Gasteiger partial charge < -0.3 is 9.84 Å². The fourth-order valence-electron chi connectivity index (χ4n) is 2.22. The first-order valence-corrected chi connectivity index (χ1v) is 7.37. The Bertz CT molecular complexity index is 822. The summed E-state index contributed by atoms with van der Waals surface area (Å²) in [6.45, 7) is 4.17. The predicted octanol–water partition coefficient (Wildman–Crippen LogP) is 3.28. The molecular weight excluding hydrogens is 290 g/mol. The molecule has 23 heavy (non-hydrogen) atoms. The summed E-state index contributed by atoms with van der Waals surface area (Å²) in [5.41, 5.74) is 3.71. The van der Waals surface area contributed by atoms with E-state index < -0.39 is 0 Å². The summed E-state index contributed by atoms with van der Waals surface area (Å²) in [6.07, 6.45) is 0. The Balaban J connectivity index is 1.67. The van der Waals surface area contributed by atoms with Crippen molar-refractivity contribution in [2.75, 3.05) is 0 Å². The third kappa shape index (κ3) is 3.45. The molecule has 2 aromatic carbocycles. The van der Waals surface area contributed by atoms with E-state index in [1.54, 1.807) is 12.1 Å². The number of aromatic nitrogens is 2. The first-order chi connectivity index (χ1) is 11.1. The summed E-state index contributed by atoms with van der Waals surface area (Å²) in [6, 6.07) is 15.2. The average molecular weight is 307 g/mol. The molecule has 0 spiro atoms. The van der Waals surface area contributed by atoms with E-state index in [2.05, 4.69) is 15.5 Å². The van der Waals surface area contributed by atoms with Gasteiger partial charge in [-0.15, -0.1) is 0 Å². The standard InChI is InChI=1S/C18H17N3O2/c1-12-7-9-14(10-8-12)18(22)19-11-16-20-17(21-23-16)15-6-4-3-5-13(15)2/h3-10H,11H2,1-2H3,(H,19,22). The van der Waals surface area contributed by atoms with Crippen LogP contribution in [0.25, 0.3) is 11.4 Å². The molecule has 0 aliphatic heterocycles. The summed E-state index contributed by atoms with van der Waals surface area (Å²) < 4.78 is 5.20. The quantitative estimate of drug-likeness (QED) is 0.803. The zero-order chi connectivity index (χ0) is 16.2. The number of rotatable bonds is 4. The summed E-state index contributed by atoms with van der Waals surface area (Å²) >= 11 is 0. The van der Waals surface area contributed by atoms with Gasteiger partial charge in [0.1, 0.15) is 0 Å². The normalized spacial score (nSPS) is 10.5. The van der Waals surface area contributed by atoms with Gasteiger partial charge in [-0.1, -0.05) is 47.1 Å². The van der Waals surface area contributed by atoms with Gasteiger partial charge in [0.2, 0.25) is 11.7 Å². The van der Waals surface area contributed by atoms with Gasteiger partial charge in [-0.05, 0) is 31.5 Å². The first kappa shape index (κ1) is 15.0. The molecule has 0 bridgehead atoms. The molecule has 0 radical (unpaired) electrons. The van der Waals surface area contributed by atoms with E-state index in [9.17, 15) is 4.79 Å². The second-order valence-electron chi connectivity index (χ2n) is 5.38. The number of nitrogens with one attached hydrogen (secondary N) is 1. The van der Waals surface area contributed by atoms with Crippen LogP contribution in [-0.2, 0) is 6.54 Å². The van der Waals surface area contributed by atoms with Crippen LogP contribution in [-0.4, -0.2) is 16.0 Å². The Morgan fingerprint density at radius 2 is 1.83 bits per heavy atom. The van der Waals surface area contributed by atoms with Gasteiger partial charge in [-0.3, -0.25) is 4.79 Å². The van der Waals surface area contributed by atoms with Crippen molar-refractivity contribution in [3.8, 4) is 11.4 Å². The van der Waals surface area contributed by atoms with Crippen molar-refractivity contribution >= 4 is 5.91 Å². The number of nitrogens with zero attached hydrogens (tertiary/aromatic N) is 2. The molecule has 0 fully saturated rings. The van der Waals surface area contributed by atoms with Crippen LogP contribution in [0.4, 0.5) is 0 Å². The van der Waals surface area contributed by atoms with Crippen molar-refractivity contribution < 1.29 is 9.32 Å². The minimum Gasteiger partial charge on any atom is -0.343 e. The molecule has 0 aliphatic carbocycles. The molecule has 1 amide bonds. The molecule has 3 aromatic rings. The maximum atomic E-state index is 12.1. The third-order valence-corrected chi connectivity index (χ3v) is 3.57. The predicted molar refractivity (Wildman–Crippen MR) is 86.8 cm³/mol. The number of hydrogen-bond donors (Lipinski definition) is 1. The van der Waals surface area contributed by atoms with E-state index in [4.69, 9.17) is 4.52 Å². The SMILES string of the molecule is Cc1ccc(C(=O)NCc2nc(-c3ccccc3C)no2)cc1. The lowest BCUT2D eigenvalue weighted by Crippen LogP contribution is -2.22. The van der Waals surface area contributed by atoms with Crippen LogP contribution >= 0.6 is 0 Å². The Labute approximate surface area is 134 Å². The largest absolute Gasteiger partial charge is 0.343 e. The third-order valence-electron chi connectivity index (χ3n) is 3.57. The zero-order valence-corrected chi connectivity index (χ0v) is 13.0. The van der Waals surface area contributed by atoms with Gasteiger partial charge in [0.15, 0.2) is 0 Å². The van der Waals surface area contributed by atoms with Crippen LogP contribution in [0, 0.1) is 13.8 Å². The van der Waals surface area contributed by atoms with Crippen molar-refractivity contribution in [1.82, 2.24) is 15.5 Å². The average Bonchev–Trinajstić information content (AvgIpc) is 3.02. The molecule has 0 saturated carbocycles. The number of carbonyl (C=O) groups excluding carboxylic acids is 1. The van der Waals surface area contributed by atoms with E-state index in [0.717, 1.165) is 16.7 Å². The van der Waals surface area contributed by atoms with Gasteiger partial charge in [0.25, 0.3) is 5.91 Å². The number of amides is 1. The minimum atomic E-state index is -0.166. The number of benzene rings is 2. The highest BCUT2D eigenvalue weighted by molar-refractivity contribution is 5.94. The van der Waals surface area contributed by atoms with E-state index in [-0.39, 0.29) is 12.5 Å². The van der Waals surface area contributed by atoms with Gasteiger partial charge in [-0.2, -0.15) is 4.98 Å². The summed E-state index contributed by atoms with van der Waals surface area (Å²) in [4.78, 5) is 16.4. The van der Waals surface area contributed by atoms with Crippen LogP contribution in [0.2, 0.25) is 0 Å². The van der Waals surface area contributed by atoms with E-state index in [0.29, 0.717) is 17.3 Å². The van der Waals surface area contributed by atoms with Crippen molar-refractivity contribution in [2.24, 2.45) is 0 Å². The molecule has 3 rings (SSSR count). The summed E-state index contributed by atoms with van der Waals surface area (Å²) in [7, 11) is 0. The van der Waals surface area contributed by atoms with Gasteiger partial charge in [0.05, 0.1) is 6.54 Å². The molecule has 5 heteroatoms. The van der Waals surface area contributed by atoms with Crippen LogP contribution in [0.1, 0.15) is 27.4 Å². The molecule has 0 atom stereocenters. The molecule has 0 saturated heterocycles. The summed E-state index contributed by atoms with van der Waals surface area (Å²) in [5, 5.41) is 6.75. The molecule has 116 valence electrons. The van der Waals surface area contributed by atoms with Crippen molar-refractivity contribution in [2.45, 2.75) is 20.4 Å². The van der Waals surface area contributed by atoms with Crippen molar-refractivity contribution in [3.63, 3.8) is 0 Å². The monoisotopic (exact) mass is 307 g/mol. The maximum Gasteiger partial charge on any atom is 0.251 e. The molecule has 5 nitrogen and oxygen atoms in total. The summed E-state index contributed by atoms with van der Waals surface area (Å²) in [5.74, 6) is 0.743. The zero-order valence-electron chi connectivity index (χ0n) is 13.0. The molecule has 1 N–H and O–H groups in total. The van der Waals surface area contributed by atoms with E-state index >= 15 is 0 Å². The maximum absolute atomic E-state index is 12.1. The molecular formula is C18H17N3O2. The van der Waals surface area contributed by atoms with E-state index in [1.807, 2.05) is 50.2 Å². The first-order valence-electron chi connectivity index (χ1n) is 7.37. The fraction of sp³-hybridized carbons (Fsp3) is 0.167. The van der Waals surface area contributed by atoms with Gasteiger partial charge in [-0.25, -0.2) is 0 Å². The minimum absolute atomic E-state index is 0.166. The fourth-order valence-corrected chi connectivity index (χ4v) is 2.22. The lowest BCUT2D eigenvalue weighted by atomic mass is 10.1. The highest BCUT2D eigenvalue weighted by Gasteiger charge is 2.12. The Hall–Kier alpha value is -2.95. The van der Waals surface area contributed by atoms with Crippen molar-refractivity contribution in [1.29, 1.82) is 0 Å². The second-order valence-corrected chi connectivity index (χ2v) is 5.38. The topological polar surface area (TPSA) is 68.0 Å². The lowest BCUT2D eigenvalue weighted by molar-refractivity contribution is 0.0946. The number of hydrogen-bond acceptors (Lipinski definition) is 4. The highest BCUT2D eigenvalue weighted by Crippen LogP contribution is 2.19. The number of carbonyl (C=O) groups is 1. The van der Waals surface area contributed by atoms with Crippen LogP contribution < -0.4 is 5.32 Å². The van der Waals surface area contributed by atoms with Gasteiger partial charge in [0, 0.05) is 11.1 Å². The smallest absolute Gasteiger partial charge is 0.251 e. The number of aryl methyl sites for hydroxylation is 2. The Kier molecular flexibility index (Phi) is 4.19. The van der Waals surface area contributed by atoms with Crippen LogP contribution in [0.5, 0.6) is 0 Å². The molecule has 0 aliphatic rings. The Morgan fingerprint density at radius 1 is 1.09 bits per heavy atom. The van der Waals surface area contributed by atoms with Crippen molar-refractivity contribution in [3.05, 3.63) is 71.1 Å². The van der Waals surface area contributed by atoms with Crippen LogP contribution in [0.3, 0.4) is 0 Å². The van der Waals surface area contributed by atoms with Crippen LogP contribution in [0.15, 0.2) is 53.1 Å².